The molecule has 0 aliphatic carbocycles. The Bertz CT molecular complexity index is 1690. The minimum Gasteiger partial charge on any atom is -0.390 e. The Morgan fingerprint density at radius 2 is 1.72 bits per heavy atom. The van der Waals surface area contributed by atoms with E-state index in [1.165, 1.54) is 16.4 Å². The molecular weight excluding hydrogens is 657 g/mol. The van der Waals surface area contributed by atoms with Gasteiger partial charge in [-0.2, -0.15) is 9.21 Å². The molecule has 4 rings (SSSR count). The molecule has 1 aromatic heterocycles. The summed E-state index contributed by atoms with van der Waals surface area (Å²) >= 11 is 0. The smallest absolute Gasteiger partial charge is 0.321 e. The first-order chi connectivity index (χ1) is 23.8. The highest BCUT2D eigenvalue weighted by molar-refractivity contribution is 7.89. The van der Waals surface area contributed by atoms with Crippen molar-refractivity contribution in [1.29, 1.82) is 0 Å². The zero-order valence-electron chi connectivity index (χ0n) is 29.6. The number of aromatic nitrogens is 1. The van der Waals surface area contributed by atoms with E-state index in [0.29, 0.717) is 31.6 Å². The van der Waals surface area contributed by atoms with Crippen LogP contribution >= 0.6 is 0 Å². The summed E-state index contributed by atoms with van der Waals surface area (Å²) < 4.78 is 29.0. The molecule has 3 amide bonds. The molecule has 0 spiro atoms. The van der Waals surface area contributed by atoms with E-state index < -0.39 is 34.1 Å². The summed E-state index contributed by atoms with van der Waals surface area (Å²) in [4.78, 5) is 46.3. The second kappa shape index (κ2) is 17.6. The molecule has 3 aromatic rings. The number of nitroso groups, excluding NO2 is 1. The van der Waals surface area contributed by atoms with Gasteiger partial charge in [0.15, 0.2) is 0 Å². The number of pyridine rings is 1. The van der Waals surface area contributed by atoms with Gasteiger partial charge in [0.2, 0.25) is 15.9 Å². The molecule has 1 fully saturated rings. The molecule has 0 radical (unpaired) electrons. The number of urea groups is 1. The maximum atomic E-state index is 14.3. The van der Waals surface area contributed by atoms with Crippen LogP contribution in [0.4, 0.5) is 4.79 Å². The van der Waals surface area contributed by atoms with Crippen molar-refractivity contribution < 1.29 is 23.1 Å². The fourth-order valence-electron chi connectivity index (χ4n) is 6.23. The van der Waals surface area contributed by atoms with E-state index in [9.17, 15) is 28.0 Å². The van der Waals surface area contributed by atoms with Crippen LogP contribution < -0.4 is 5.32 Å². The molecule has 12 nitrogen and oxygen atoms in total. The first-order valence-electron chi connectivity index (χ1n) is 17.2. The molecule has 2 N–H and O–H groups in total. The number of nitrogens with zero attached hydrogens (tertiary/aromatic N) is 5. The number of hydrogen-bond acceptors (Lipinski definition) is 8. The van der Waals surface area contributed by atoms with Crippen LogP contribution in [0.15, 0.2) is 83.1 Å². The quantitative estimate of drug-likeness (QED) is 0.181. The third-order valence-corrected chi connectivity index (χ3v) is 11.1. The third kappa shape index (κ3) is 9.73. The second-order valence-electron chi connectivity index (χ2n) is 13.5. The van der Waals surface area contributed by atoms with Crippen molar-refractivity contribution in [3.05, 3.63) is 100 Å². The van der Waals surface area contributed by atoms with Crippen LogP contribution in [0.2, 0.25) is 0 Å². The average Bonchev–Trinajstić information content (AvgIpc) is 3.44. The van der Waals surface area contributed by atoms with Gasteiger partial charge in [-0.3, -0.25) is 9.78 Å². The van der Waals surface area contributed by atoms with Crippen LogP contribution in [-0.4, -0.2) is 88.9 Å². The Balaban J connectivity index is 1.59. The van der Waals surface area contributed by atoms with Gasteiger partial charge in [0, 0.05) is 45.1 Å². The van der Waals surface area contributed by atoms with Crippen LogP contribution in [0.25, 0.3) is 0 Å². The summed E-state index contributed by atoms with van der Waals surface area (Å²) in [7, 11) is -4.06. The Hall–Kier alpha value is -4.20. The summed E-state index contributed by atoms with van der Waals surface area (Å²) in [5.74, 6) is -0.652. The van der Waals surface area contributed by atoms with Crippen LogP contribution in [-0.2, 0) is 34.3 Å². The largest absolute Gasteiger partial charge is 0.390 e. The lowest BCUT2D eigenvalue weighted by Gasteiger charge is -2.35. The Labute approximate surface area is 295 Å². The van der Waals surface area contributed by atoms with E-state index in [2.05, 4.69) is 15.5 Å². The molecule has 1 aliphatic heterocycles. The fraction of sp³-hybridized carbons (Fsp3) is 0.486. The molecule has 0 unspecified atom stereocenters. The van der Waals surface area contributed by atoms with Gasteiger partial charge < -0.3 is 20.2 Å². The maximum absolute atomic E-state index is 14.3. The molecule has 4 atom stereocenters. The molecular formula is C37H50N6O6S. The number of rotatable bonds is 18. The van der Waals surface area contributed by atoms with Gasteiger partial charge in [0.1, 0.15) is 12.6 Å². The number of carbonyl (C=O) groups is 2. The topological polar surface area (TPSA) is 153 Å². The normalized spacial score (nSPS) is 16.0. The van der Waals surface area contributed by atoms with E-state index in [1.807, 2.05) is 71.0 Å². The number of carbonyl (C=O) groups excluding carboxylic acids is 2. The van der Waals surface area contributed by atoms with Crippen molar-refractivity contribution in [2.75, 3.05) is 26.2 Å². The van der Waals surface area contributed by atoms with Crippen molar-refractivity contribution in [2.45, 2.75) is 83.6 Å². The number of aliphatic hydroxyl groups excluding tert-OH is 1. The summed E-state index contributed by atoms with van der Waals surface area (Å²) in [6, 6.07) is 15.3. The first-order valence-corrected chi connectivity index (χ1v) is 18.6. The zero-order chi connectivity index (χ0) is 36.4. The number of amides is 3. The Kier molecular flexibility index (Phi) is 13.6. The van der Waals surface area contributed by atoms with Crippen LogP contribution in [0.5, 0.6) is 0 Å². The van der Waals surface area contributed by atoms with Crippen LogP contribution in [0.3, 0.4) is 0 Å². The van der Waals surface area contributed by atoms with Gasteiger partial charge >= 0.3 is 6.03 Å². The lowest BCUT2D eigenvalue weighted by molar-refractivity contribution is -0.128. The van der Waals surface area contributed by atoms with Gasteiger partial charge in [-0.15, -0.1) is 0 Å². The van der Waals surface area contributed by atoms with E-state index in [4.69, 9.17) is 0 Å². The number of hydrogen-bond donors (Lipinski definition) is 2. The van der Waals surface area contributed by atoms with Crippen molar-refractivity contribution in [1.82, 2.24) is 24.4 Å². The highest BCUT2D eigenvalue weighted by Crippen LogP contribution is 2.24. The van der Waals surface area contributed by atoms with Gasteiger partial charge in [-0.25, -0.2) is 13.2 Å². The van der Waals surface area contributed by atoms with Crippen LogP contribution in [0, 0.1) is 23.7 Å². The van der Waals surface area contributed by atoms with E-state index in [0.717, 1.165) is 16.7 Å². The lowest BCUT2D eigenvalue weighted by Crippen LogP contribution is -2.57. The van der Waals surface area contributed by atoms with Crippen LogP contribution in [0.1, 0.15) is 56.4 Å². The van der Waals surface area contributed by atoms with Crippen molar-refractivity contribution in [2.24, 2.45) is 17.0 Å². The fourth-order valence-corrected chi connectivity index (χ4v) is 7.85. The van der Waals surface area contributed by atoms with Gasteiger partial charge in [-0.1, -0.05) is 81.8 Å². The predicted octanol–water partition coefficient (Wildman–Crippen LogP) is 4.74. The van der Waals surface area contributed by atoms with Crippen molar-refractivity contribution in [3.63, 3.8) is 0 Å². The van der Waals surface area contributed by atoms with Crippen molar-refractivity contribution >= 4 is 22.0 Å². The maximum Gasteiger partial charge on any atom is 0.321 e. The molecule has 0 saturated carbocycles. The Morgan fingerprint density at radius 1 is 1.02 bits per heavy atom. The van der Waals surface area contributed by atoms with Gasteiger partial charge in [0.05, 0.1) is 17.0 Å². The average molecular weight is 707 g/mol. The number of aliphatic hydroxyl groups is 1. The highest BCUT2D eigenvalue weighted by Gasteiger charge is 2.41. The predicted molar refractivity (Wildman–Crippen MR) is 192 cm³/mol. The van der Waals surface area contributed by atoms with E-state index >= 15 is 0 Å². The molecule has 1 aliphatic rings. The van der Waals surface area contributed by atoms with Gasteiger partial charge in [-0.05, 0) is 65.6 Å². The lowest BCUT2D eigenvalue weighted by atomic mass is 9.95. The minimum atomic E-state index is -4.06. The third-order valence-electron chi connectivity index (χ3n) is 9.28. The minimum absolute atomic E-state index is 0.0269. The summed E-state index contributed by atoms with van der Waals surface area (Å²) in [5.41, 5.74) is 3.40. The first kappa shape index (κ1) is 38.6. The molecule has 2 aromatic carbocycles. The summed E-state index contributed by atoms with van der Waals surface area (Å²) in [6.45, 7) is 10.6. The standard InChI is InChI=1S/C37H50N6O6S/c1-6-27(4)35(43-19-18-41(37(43)46)24-31-22-38-17-16-28(31)5)36(45)40-33(20-29-10-8-7-9-11-29)34(44)25-42(23-26(2)3)50(48,49)32-14-12-30(13-15-32)21-39-47/h7-17,22,26-27,33-35,44H,6,18-21,23-25H2,1-5H3,(H,40,45)/t27-,33-,34+,35-/m0/s1. The SMILES string of the molecule is CC[C@H](C)[C@@H](C(=O)N[C@@H](Cc1ccccc1)[C@H](O)CN(CC(C)C)S(=O)(=O)c1ccc(CN=O)cc1)N1CCN(Cc2cnccc2C)C1=O. The molecule has 13 heteroatoms. The van der Waals surface area contributed by atoms with Gasteiger partial charge in [0.25, 0.3) is 0 Å². The molecule has 50 heavy (non-hydrogen) atoms. The highest BCUT2D eigenvalue weighted by atomic mass is 32.2. The number of aryl methyl sites for hydroxylation is 1. The second-order valence-corrected chi connectivity index (χ2v) is 15.5. The summed E-state index contributed by atoms with van der Waals surface area (Å²) in [6.07, 6.45) is 3.05. The van der Waals surface area contributed by atoms with E-state index in [1.54, 1.807) is 34.3 Å². The summed E-state index contributed by atoms with van der Waals surface area (Å²) in [5, 5.41) is 17.7. The Morgan fingerprint density at radius 3 is 2.34 bits per heavy atom. The molecule has 270 valence electrons. The number of benzene rings is 2. The molecule has 2 heterocycles. The number of nitrogens with one attached hydrogen (secondary N) is 1. The number of sulfonamides is 1. The monoisotopic (exact) mass is 706 g/mol. The zero-order valence-corrected chi connectivity index (χ0v) is 30.4. The van der Waals surface area contributed by atoms with E-state index in [-0.39, 0.29) is 48.8 Å². The molecule has 1 saturated heterocycles. The van der Waals surface area contributed by atoms with Crippen molar-refractivity contribution in [3.8, 4) is 0 Å². The molecule has 0 bridgehead atoms.